The Morgan fingerprint density at radius 1 is 0.909 bits per heavy atom. The Hall–Kier alpha value is -4.13. The van der Waals surface area contributed by atoms with Crippen molar-refractivity contribution in [2.75, 3.05) is 14.2 Å². The molecule has 4 rings (SSSR count). The minimum atomic E-state index is -0.781. The number of rotatable bonds is 6. The van der Waals surface area contributed by atoms with E-state index >= 15 is 0 Å². The number of aryl methyl sites for hydroxylation is 1. The maximum atomic E-state index is 13.0. The Labute approximate surface area is 192 Å². The van der Waals surface area contributed by atoms with Crippen LogP contribution in [0.4, 0.5) is 0 Å². The fraction of sp³-hybridized carbons (Fsp3) is 0.192. The minimum absolute atomic E-state index is 0.285. The van der Waals surface area contributed by atoms with Crippen LogP contribution >= 0.6 is 0 Å². The van der Waals surface area contributed by atoms with E-state index < -0.39 is 12.1 Å². The standard InChI is InChI=1S/C26H25N3O4/c1-17-4-8-19(9-5-17)24-23(27-25(30)20-10-14-22(33-3)15-11-20)26(31)28-29(24)16-18-6-12-21(32-2)13-7-18/h4-16,23-24H,1-3H3,(H-,27,28,30,31)/p+1/b29-16-/t23-,24+/m1/s1. The summed E-state index contributed by atoms with van der Waals surface area (Å²) in [4.78, 5) is 25.9. The van der Waals surface area contributed by atoms with Crippen LogP contribution in [0.2, 0.25) is 0 Å². The molecule has 7 nitrogen and oxygen atoms in total. The largest absolute Gasteiger partial charge is 0.497 e. The second-order valence-electron chi connectivity index (χ2n) is 7.82. The van der Waals surface area contributed by atoms with Crippen molar-refractivity contribution in [1.82, 2.24) is 10.7 Å². The lowest BCUT2D eigenvalue weighted by atomic mass is 9.98. The Bertz CT molecular complexity index is 1170. The number of methoxy groups -OCH3 is 2. The molecule has 1 aliphatic rings. The zero-order valence-corrected chi connectivity index (χ0v) is 18.7. The van der Waals surface area contributed by atoms with Gasteiger partial charge in [-0.3, -0.25) is 9.59 Å². The number of hydrogen-bond donors (Lipinski definition) is 2. The number of hydrogen-bond acceptors (Lipinski definition) is 4. The molecular weight excluding hydrogens is 418 g/mol. The van der Waals surface area contributed by atoms with Crippen molar-refractivity contribution in [3.05, 3.63) is 95.1 Å². The maximum Gasteiger partial charge on any atom is 0.304 e. The SMILES string of the molecule is COc1ccc(/C=[N+]2\NC(=O)[C@H](NC(=O)c3ccc(OC)cc3)[C@@H]2c2ccc(C)cc2)cc1. The fourth-order valence-electron chi connectivity index (χ4n) is 3.76. The number of hydrazone groups is 1. The zero-order valence-electron chi connectivity index (χ0n) is 18.7. The number of amides is 2. The summed E-state index contributed by atoms with van der Waals surface area (Å²) in [6, 6.07) is 21.0. The van der Waals surface area contributed by atoms with Crippen LogP contribution in [0.15, 0.2) is 72.8 Å². The highest BCUT2D eigenvalue weighted by Gasteiger charge is 2.47. The molecular formula is C26H26N3O4+. The van der Waals surface area contributed by atoms with Crippen molar-refractivity contribution in [1.29, 1.82) is 0 Å². The van der Waals surface area contributed by atoms with Crippen LogP contribution in [-0.4, -0.2) is 43.0 Å². The Morgan fingerprint density at radius 3 is 2.06 bits per heavy atom. The van der Waals surface area contributed by atoms with Crippen LogP contribution in [0.1, 0.15) is 33.1 Å². The number of benzene rings is 3. The maximum absolute atomic E-state index is 13.0. The van der Waals surface area contributed by atoms with Gasteiger partial charge in [0.15, 0.2) is 6.04 Å². The average Bonchev–Trinajstić information content (AvgIpc) is 3.14. The smallest absolute Gasteiger partial charge is 0.304 e. The molecule has 2 atom stereocenters. The average molecular weight is 445 g/mol. The molecule has 33 heavy (non-hydrogen) atoms. The summed E-state index contributed by atoms with van der Waals surface area (Å²) in [6.45, 7) is 2.01. The molecule has 1 fully saturated rings. The number of nitrogens with one attached hydrogen (secondary N) is 2. The van der Waals surface area contributed by atoms with Gasteiger partial charge in [0.05, 0.1) is 14.2 Å². The van der Waals surface area contributed by atoms with E-state index in [1.165, 1.54) is 0 Å². The van der Waals surface area contributed by atoms with E-state index in [1.807, 2.05) is 61.7 Å². The van der Waals surface area contributed by atoms with E-state index in [-0.39, 0.29) is 11.8 Å². The lowest BCUT2D eigenvalue weighted by molar-refractivity contribution is -0.596. The minimum Gasteiger partial charge on any atom is -0.497 e. The molecule has 3 aromatic carbocycles. The van der Waals surface area contributed by atoms with Gasteiger partial charge in [0.1, 0.15) is 11.5 Å². The first kappa shape index (κ1) is 22.1. The predicted molar refractivity (Wildman–Crippen MR) is 125 cm³/mol. The number of nitrogens with zero attached hydrogens (tertiary/aromatic N) is 1. The van der Waals surface area contributed by atoms with Gasteiger partial charge >= 0.3 is 5.91 Å². The lowest BCUT2D eigenvalue weighted by Crippen LogP contribution is -2.42. The molecule has 2 amide bonds. The Morgan fingerprint density at radius 2 is 1.48 bits per heavy atom. The number of hydrazine groups is 1. The topological polar surface area (TPSA) is 79.7 Å². The van der Waals surface area contributed by atoms with Crippen LogP contribution in [0.25, 0.3) is 0 Å². The summed E-state index contributed by atoms with van der Waals surface area (Å²) in [6.07, 6.45) is 1.85. The highest BCUT2D eigenvalue weighted by Crippen LogP contribution is 2.26. The lowest BCUT2D eigenvalue weighted by Gasteiger charge is -2.15. The Balaban J connectivity index is 1.66. The van der Waals surface area contributed by atoms with Gasteiger partial charge in [0, 0.05) is 16.7 Å². The molecule has 1 saturated heterocycles. The third kappa shape index (κ3) is 4.87. The van der Waals surface area contributed by atoms with E-state index in [0.717, 1.165) is 22.4 Å². The second-order valence-corrected chi connectivity index (χ2v) is 7.82. The van der Waals surface area contributed by atoms with Crippen molar-refractivity contribution in [2.45, 2.75) is 19.0 Å². The molecule has 7 heteroatoms. The normalized spacial score (nSPS) is 18.6. The van der Waals surface area contributed by atoms with Crippen LogP contribution in [-0.2, 0) is 4.79 Å². The zero-order chi connectivity index (χ0) is 23.4. The summed E-state index contributed by atoms with van der Waals surface area (Å²) >= 11 is 0. The number of carbonyl (C=O) groups excluding carboxylic acids is 2. The Kier molecular flexibility index (Phi) is 6.40. The van der Waals surface area contributed by atoms with E-state index in [9.17, 15) is 9.59 Å². The van der Waals surface area contributed by atoms with Crippen molar-refractivity contribution >= 4 is 18.0 Å². The first-order valence-corrected chi connectivity index (χ1v) is 10.6. The molecule has 0 spiro atoms. The summed E-state index contributed by atoms with van der Waals surface area (Å²) in [7, 11) is 3.18. The quantitative estimate of drug-likeness (QED) is 0.573. The van der Waals surface area contributed by atoms with E-state index in [1.54, 1.807) is 43.2 Å². The molecule has 0 aromatic heterocycles. The summed E-state index contributed by atoms with van der Waals surface area (Å²) in [5, 5.41) is 2.91. The van der Waals surface area contributed by atoms with Gasteiger partial charge in [-0.2, -0.15) is 0 Å². The first-order chi connectivity index (χ1) is 16.0. The van der Waals surface area contributed by atoms with Gasteiger partial charge in [0.25, 0.3) is 5.91 Å². The fourth-order valence-corrected chi connectivity index (χ4v) is 3.76. The van der Waals surface area contributed by atoms with Gasteiger partial charge < -0.3 is 14.8 Å². The van der Waals surface area contributed by atoms with Gasteiger partial charge in [0.2, 0.25) is 12.3 Å². The molecule has 0 saturated carbocycles. The molecule has 0 unspecified atom stereocenters. The molecule has 0 radical (unpaired) electrons. The second kappa shape index (κ2) is 9.56. The highest BCUT2D eigenvalue weighted by atomic mass is 16.5. The molecule has 0 bridgehead atoms. The monoisotopic (exact) mass is 444 g/mol. The molecule has 1 heterocycles. The van der Waals surface area contributed by atoms with Crippen LogP contribution in [0.5, 0.6) is 11.5 Å². The van der Waals surface area contributed by atoms with Crippen LogP contribution in [0.3, 0.4) is 0 Å². The third-order valence-corrected chi connectivity index (χ3v) is 5.60. The van der Waals surface area contributed by atoms with Crippen LogP contribution < -0.4 is 20.2 Å². The van der Waals surface area contributed by atoms with Crippen LogP contribution in [0, 0.1) is 6.92 Å². The summed E-state index contributed by atoms with van der Waals surface area (Å²) in [5.74, 6) is 0.786. The summed E-state index contributed by atoms with van der Waals surface area (Å²) in [5.41, 5.74) is 6.24. The van der Waals surface area contributed by atoms with E-state index in [2.05, 4.69) is 10.7 Å². The van der Waals surface area contributed by atoms with Gasteiger partial charge in [-0.15, -0.1) is 10.1 Å². The predicted octanol–water partition coefficient (Wildman–Crippen LogP) is 3.03. The molecule has 168 valence electrons. The van der Waals surface area contributed by atoms with Gasteiger partial charge in [-0.05, 0) is 55.5 Å². The van der Waals surface area contributed by atoms with Gasteiger partial charge in [-0.25, -0.2) is 0 Å². The number of carbonyl (C=O) groups is 2. The van der Waals surface area contributed by atoms with Crippen molar-refractivity contribution < 1.29 is 23.7 Å². The molecule has 2 N–H and O–H groups in total. The highest BCUT2D eigenvalue weighted by molar-refractivity contribution is 5.98. The van der Waals surface area contributed by atoms with Gasteiger partial charge in [-0.1, -0.05) is 29.8 Å². The first-order valence-electron chi connectivity index (χ1n) is 10.6. The van der Waals surface area contributed by atoms with E-state index in [0.29, 0.717) is 11.3 Å². The van der Waals surface area contributed by atoms with Crippen molar-refractivity contribution in [3.63, 3.8) is 0 Å². The van der Waals surface area contributed by atoms with Crippen molar-refractivity contribution in [3.8, 4) is 11.5 Å². The third-order valence-electron chi connectivity index (χ3n) is 5.60. The summed E-state index contributed by atoms with van der Waals surface area (Å²) < 4.78 is 12.1. The molecule has 1 aliphatic heterocycles. The molecule has 3 aromatic rings. The number of ether oxygens (including phenoxy) is 2. The van der Waals surface area contributed by atoms with E-state index in [4.69, 9.17) is 9.47 Å². The molecule has 0 aliphatic carbocycles. The van der Waals surface area contributed by atoms with Crippen molar-refractivity contribution in [2.24, 2.45) is 0 Å².